The van der Waals surface area contributed by atoms with Gasteiger partial charge in [-0.1, -0.05) is 26.0 Å². The third-order valence-corrected chi connectivity index (χ3v) is 4.87. The lowest BCUT2D eigenvalue weighted by molar-refractivity contribution is 0.102. The molecule has 6 heteroatoms. The Hall–Kier alpha value is -3.28. The Kier molecular flexibility index (Phi) is 7.12. The second-order valence-electron chi connectivity index (χ2n) is 7.65. The second-order valence-corrected chi connectivity index (χ2v) is 7.65. The summed E-state index contributed by atoms with van der Waals surface area (Å²) in [5, 5.41) is 2.93. The Balaban J connectivity index is 1.63. The fraction of sp³-hybridized carbons (Fsp3) is 0.333. The summed E-state index contributed by atoms with van der Waals surface area (Å²) in [7, 11) is 1.58. The molecule has 0 spiro atoms. The number of amides is 1. The van der Waals surface area contributed by atoms with Gasteiger partial charge in [0.25, 0.3) is 5.91 Å². The van der Waals surface area contributed by atoms with Crippen molar-refractivity contribution in [2.45, 2.75) is 33.7 Å². The summed E-state index contributed by atoms with van der Waals surface area (Å²) in [6.45, 7) is 7.64. The number of carbonyl (C=O) groups is 1. The molecule has 0 unspecified atom stereocenters. The summed E-state index contributed by atoms with van der Waals surface area (Å²) in [6.07, 6.45) is 4.70. The largest absolute Gasteiger partial charge is 0.493 e. The molecule has 3 rings (SSSR count). The molecule has 3 aromatic rings. The van der Waals surface area contributed by atoms with E-state index in [1.165, 1.54) is 0 Å². The summed E-state index contributed by atoms with van der Waals surface area (Å²) in [5.41, 5.74) is 2.39. The van der Waals surface area contributed by atoms with Crippen molar-refractivity contribution in [3.63, 3.8) is 0 Å². The molecule has 0 radical (unpaired) electrons. The van der Waals surface area contributed by atoms with Gasteiger partial charge >= 0.3 is 0 Å². The van der Waals surface area contributed by atoms with Crippen molar-refractivity contribution >= 4 is 11.6 Å². The van der Waals surface area contributed by atoms with E-state index in [2.05, 4.69) is 28.7 Å². The second kappa shape index (κ2) is 9.96. The number of aromatic nitrogens is 2. The minimum absolute atomic E-state index is 0.194. The molecule has 30 heavy (non-hydrogen) atoms. The predicted octanol–water partition coefficient (Wildman–Crippen LogP) is 4.93. The van der Waals surface area contributed by atoms with Crippen molar-refractivity contribution in [2.24, 2.45) is 5.92 Å². The molecule has 6 nitrogen and oxygen atoms in total. The Bertz CT molecular complexity index is 978. The predicted molar refractivity (Wildman–Crippen MR) is 118 cm³/mol. The van der Waals surface area contributed by atoms with Gasteiger partial charge in [0.2, 0.25) is 0 Å². The van der Waals surface area contributed by atoms with E-state index < -0.39 is 0 Å². The summed E-state index contributed by atoms with van der Waals surface area (Å²) in [5.74, 6) is 2.54. The quantitative estimate of drug-likeness (QED) is 0.546. The zero-order valence-corrected chi connectivity index (χ0v) is 18.0. The average Bonchev–Trinajstić information content (AvgIpc) is 3.13. The zero-order chi connectivity index (χ0) is 21.5. The molecule has 0 saturated heterocycles. The van der Waals surface area contributed by atoms with Crippen molar-refractivity contribution in [1.82, 2.24) is 9.55 Å². The van der Waals surface area contributed by atoms with Gasteiger partial charge in [-0.25, -0.2) is 4.98 Å². The number of carbonyl (C=O) groups excluding carboxylic acids is 1. The van der Waals surface area contributed by atoms with Crippen LogP contribution in [-0.4, -0.2) is 29.2 Å². The maximum absolute atomic E-state index is 12.7. The third kappa shape index (κ3) is 5.63. The molecule has 0 aliphatic rings. The lowest BCUT2D eigenvalue weighted by Crippen LogP contribution is -2.12. The number of methoxy groups -OCH3 is 1. The zero-order valence-electron chi connectivity index (χ0n) is 18.0. The first-order valence-electron chi connectivity index (χ1n) is 10.1. The topological polar surface area (TPSA) is 65.4 Å². The Morgan fingerprint density at radius 1 is 1.13 bits per heavy atom. The van der Waals surface area contributed by atoms with E-state index >= 15 is 0 Å². The highest BCUT2D eigenvalue weighted by molar-refractivity contribution is 6.04. The smallest absolute Gasteiger partial charge is 0.255 e. The average molecular weight is 408 g/mol. The summed E-state index contributed by atoms with van der Waals surface area (Å²) in [4.78, 5) is 16.9. The van der Waals surface area contributed by atoms with Crippen LogP contribution in [0.2, 0.25) is 0 Å². The molecule has 158 valence electrons. The van der Waals surface area contributed by atoms with Crippen LogP contribution in [0.25, 0.3) is 0 Å². The maximum atomic E-state index is 12.7. The summed E-state index contributed by atoms with van der Waals surface area (Å²) < 4.78 is 13.3. The van der Waals surface area contributed by atoms with Crippen LogP contribution in [0.3, 0.4) is 0 Å². The first-order chi connectivity index (χ1) is 14.5. The Morgan fingerprint density at radius 3 is 2.53 bits per heavy atom. The van der Waals surface area contributed by atoms with E-state index in [1.54, 1.807) is 31.5 Å². The summed E-state index contributed by atoms with van der Waals surface area (Å²) in [6, 6.07) is 13.0. The molecular formula is C24H29N3O3. The normalized spacial score (nSPS) is 10.8. The van der Waals surface area contributed by atoms with Crippen molar-refractivity contribution < 1.29 is 14.3 Å². The van der Waals surface area contributed by atoms with Gasteiger partial charge in [-0.3, -0.25) is 4.79 Å². The fourth-order valence-electron chi connectivity index (χ4n) is 3.00. The van der Waals surface area contributed by atoms with Gasteiger partial charge in [-0.15, -0.1) is 0 Å². The molecule has 0 bridgehead atoms. The standard InChI is InChI=1S/C24H29N3O3/c1-17(2)11-14-30-22-10-7-20(15-23(22)29-4)24(28)26-21-8-5-19(6-9-21)16-27-13-12-25-18(27)3/h5-10,12-13,15,17H,11,14,16H2,1-4H3,(H,26,28). The first-order valence-corrected chi connectivity index (χ1v) is 10.1. The number of hydrogen-bond donors (Lipinski definition) is 1. The number of nitrogens with zero attached hydrogens (tertiary/aromatic N) is 2. The molecule has 0 aliphatic carbocycles. The van der Waals surface area contributed by atoms with Gasteiger partial charge in [-0.05, 0) is 55.2 Å². The van der Waals surface area contributed by atoms with E-state index in [9.17, 15) is 4.79 Å². The van der Waals surface area contributed by atoms with Crippen molar-refractivity contribution in [3.8, 4) is 11.5 Å². The number of benzene rings is 2. The van der Waals surface area contributed by atoms with E-state index in [-0.39, 0.29) is 5.91 Å². The molecule has 1 heterocycles. The number of aryl methyl sites for hydroxylation is 1. The number of rotatable bonds is 9. The molecule has 1 amide bonds. The first kappa shape index (κ1) is 21.4. The van der Waals surface area contributed by atoms with Gasteiger partial charge in [0.15, 0.2) is 11.5 Å². The molecule has 2 aromatic carbocycles. The van der Waals surface area contributed by atoms with Crippen LogP contribution in [0.4, 0.5) is 5.69 Å². The molecule has 0 fully saturated rings. The van der Waals surface area contributed by atoms with E-state index in [0.717, 1.165) is 30.0 Å². The number of hydrogen-bond acceptors (Lipinski definition) is 4. The number of imidazole rings is 1. The van der Waals surface area contributed by atoms with Gasteiger partial charge in [0.05, 0.1) is 13.7 Å². The van der Waals surface area contributed by atoms with Crippen LogP contribution in [0.1, 0.15) is 42.0 Å². The molecule has 1 aromatic heterocycles. The molecule has 0 saturated carbocycles. The minimum atomic E-state index is -0.194. The fourth-order valence-corrected chi connectivity index (χ4v) is 3.00. The molecule has 1 N–H and O–H groups in total. The lowest BCUT2D eigenvalue weighted by Gasteiger charge is -2.13. The van der Waals surface area contributed by atoms with Gasteiger partial charge in [0, 0.05) is 30.2 Å². The molecule has 0 atom stereocenters. The molecular weight excluding hydrogens is 378 g/mol. The highest BCUT2D eigenvalue weighted by Crippen LogP contribution is 2.29. The van der Waals surface area contributed by atoms with Crippen LogP contribution >= 0.6 is 0 Å². The monoisotopic (exact) mass is 407 g/mol. The Morgan fingerprint density at radius 2 is 1.90 bits per heavy atom. The molecule has 0 aliphatic heterocycles. The van der Waals surface area contributed by atoms with Crippen LogP contribution in [-0.2, 0) is 6.54 Å². The van der Waals surface area contributed by atoms with Crippen molar-refractivity contribution in [2.75, 3.05) is 19.0 Å². The van der Waals surface area contributed by atoms with Crippen molar-refractivity contribution in [1.29, 1.82) is 0 Å². The lowest BCUT2D eigenvalue weighted by atomic mass is 10.1. The van der Waals surface area contributed by atoms with Crippen LogP contribution in [0, 0.1) is 12.8 Å². The minimum Gasteiger partial charge on any atom is -0.493 e. The van der Waals surface area contributed by atoms with Crippen LogP contribution in [0.5, 0.6) is 11.5 Å². The van der Waals surface area contributed by atoms with Gasteiger partial charge in [0.1, 0.15) is 5.82 Å². The van der Waals surface area contributed by atoms with Gasteiger partial charge in [-0.2, -0.15) is 0 Å². The third-order valence-electron chi connectivity index (χ3n) is 4.87. The summed E-state index contributed by atoms with van der Waals surface area (Å²) >= 11 is 0. The number of ether oxygens (including phenoxy) is 2. The number of nitrogens with one attached hydrogen (secondary N) is 1. The van der Waals surface area contributed by atoms with E-state index in [0.29, 0.717) is 29.6 Å². The van der Waals surface area contributed by atoms with Crippen LogP contribution < -0.4 is 14.8 Å². The SMILES string of the molecule is COc1cc(C(=O)Nc2ccc(Cn3ccnc3C)cc2)ccc1OCCC(C)C. The van der Waals surface area contributed by atoms with Crippen LogP contribution in [0.15, 0.2) is 54.9 Å². The highest BCUT2D eigenvalue weighted by Gasteiger charge is 2.12. The van der Waals surface area contributed by atoms with E-state index in [1.807, 2.05) is 37.4 Å². The van der Waals surface area contributed by atoms with Crippen molar-refractivity contribution in [3.05, 3.63) is 71.8 Å². The number of anilines is 1. The Labute approximate surface area is 177 Å². The van der Waals surface area contributed by atoms with Gasteiger partial charge < -0.3 is 19.4 Å². The highest BCUT2D eigenvalue weighted by atomic mass is 16.5. The van der Waals surface area contributed by atoms with E-state index in [4.69, 9.17) is 9.47 Å². The maximum Gasteiger partial charge on any atom is 0.255 e.